The molecule has 0 unspecified atom stereocenters. The zero-order valence-electron chi connectivity index (χ0n) is 16.2. The highest BCUT2D eigenvalue weighted by molar-refractivity contribution is 5.59. The van der Waals surface area contributed by atoms with Gasteiger partial charge in [-0.2, -0.15) is 10.1 Å². The lowest BCUT2D eigenvalue weighted by molar-refractivity contribution is 0.578. The van der Waals surface area contributed by atoms with Crippen LogP contribution < -0.4 is 15.5 Å². The number of hydrogen-bond donors (Lipinski definition) is 2. The van der Waals surface area contributed by atoms with Gasteiger partial charge >= 0.3 is 0 Å². The van der Waals surface area contributed by atoms with Crippen LogP contribution in [0.4, 0.5) is 23.1 Å². The lowest BCUT2D eigenvalue weighted by atomic mass is 10.1. The Labute approximate surface area is 166 Å². The summed E-state index contributed by atoms with van der Waals surface area (Å²) in [5, 5.41) is 14.7. The van der Waals surface area contributed by atoms with E-state index in [1.165, 1.54) is 36.1 Å². The molecule has 0 radical (unpaired) electrons. The Morgan fingerprint density at radius 1 is 1.00 bits per heavy atom. The average Bonchev–Trinajstić information content (AvgIpc) is 2.74. The molecule has 2 N–H and O–H groups in total. The molecular weight excluding hydrogens is 348 g/mol. The van der Waals surface area contributed by atoms with Gasteiger partial charge in [-0.05, 0) is 56.0 Å². The van der Waals surface area contributed by atoms with Gasteiger partial charge < -0.3 is 15.5 Å². The van der Waals surface area contributed by atoms with Gasteiger partial charge in [-0.25, -0.2) is 0 Å². The van der Waals surface area contributed by atoms with Gasteiger partial charge in [-0.15, -0.1) is 5.10 Å². The fourth-order valence-corrected chi connectivity index (χ4v) is 3.49. The average molecular weight is 374 g/mol. The Morgan fingerprint density at radius 3 is 2.61 bits per heavy atom. The van der Waals surface area contributed by atoms with Crippen LogP contribution in [0.3, 0.4) is 0 Å². The van der Waals surface area contributed by atoms with Crippen molar-refractivity contribution in [2.75, 3.05) is 28.6 Å². The fraction of sp³-hybridized carbons (Fsp3) is 0.318. The lowest BCUT2D eigenvalue weighted by Gasteiger charge is -2.28. The van der Waals surface area contributed by atoms with E-state index in [4.69, 9.17) is 0 Å². The molecule has 0 atom stereocenters. The molecule has 0 bridgehead atoms. The molecule has 4 rings (SSSR count). The van der Waals surface area contributed by atoms with Gasteiger partial charge in [-0.1, -0.05) is 29.8 Å². The van der Waals surface area contributed by atoms with Crippen LogP contribution in [-0.2, 0) is 6.54 Å². The van der Waals surface area contributed by atoms with Gasteiger partial charge in [0.25, 0.3) is 0 Å². The quantitative estimate of drug-likeness (QED) is 0.661. The molecule has 1 aliphatic heterocycles. The molecule has 1 fully saturated rings. The molecule has 0 saturated carbocycles. The lowest BCUT2D eigenvalue weighted by Crippen LogP contribution is -2.29. The maximum Gasteiger partial charge on any atom is 0.249 e. The number of nitrogens with one attached hydrogen (secondary N) is 2. The summed E-state index contributed by atoms with van der Waals surface area (Å²) in [5.41, 5.74) is 4.69. The number of nitrogens with zero attached hydrogens (tertiary/aromatic N) is 4. The Kier molecular flexibility index (Phi) is 5.66. The molecule has 144 valence electrons. The number of aromatic nitrogens is 3. The third kappa shape index (κ3) is 4.76. The first kappa shape index (κ1) is 18.2. The minimum absolute atomic E-state index is 0.486. The number of piperidine rings is 1. The molecule has 6 heteroatoms. The predicted octanol–water partition coefficient (Wildman–Crippen LogP) is 4.53. The molecule has 1 saturated heterocycles. The van der Waals surface area contributed by atoms with Crippen molar-refractivity contribution < 1.29 is 0 Å². The molecule has 0 amide bonds. The number of benzene rings is 2. The van der Waals surface area contributed by atoms with Crippen molar-refractivity contribution in [3.8, 4) is 0 Å². The van der Waals surface area contributed by atoms with Crippen LogP contribution in [0.5, 0.6) is 0 Å². The maximum atomic E-state index is 4.51. The summed E-state index contributed by atoms with van der Waals surface area (Å²) in [5.74, 6) is 1.18. The van der Waals surface area contributed by atoms with Crippen LogP contribution in [0, 0.1) is 6.92 Å². The molecule has 28 heavy (non-hydrogen) atoms. The Morgan fingerprint density at radius 2 is 1.82 bits per heavy atom. The normalized spacial score (nSPS) is 14.0. The van der Waals surface area contributed by atoms with Gasteiger partial charge in [0.1, 0.15) is 0 Å². The third-order valence-corrected chi connectivity index (χ3v) is 4.96. The highest BCUT2D eigenvalue weighted by atomic mass is 15.3. The summed E-state index contributed by atoms with van der Waals surface area (Å²) in [6.07, 6.45) is 5.54. The van der Waals surface area contributed by atoms with Crippen molar-refractivity contribution in [1.29, 1.82) is 0 Å². The number of rotatable bonds is 6. The van der Waals surface area contributed by atoms with E-state index < -0.39 is 0 Å². The van der Waals surface area contributed by atoms with E-state index in [9.17, 15) is 0 Å². The number of anilines is 4. The van der Waals surface area contributed by atoms with Crippen molar-refractivity contribution in [3.63, 3.8) is 0 Å². The van der Waals surface area contributed by atoms with Crippen LogP contribution in [-0.4, -0.2) is 28.3 Å². The van der Waals surface area contributed by atoms with Gasteiger partial charge in [0.15, 0.2) is 5.82 Å². The summed E-state index contributed by atoms with van der Waals surface area (Å²) in [7, 11) is 0. The zero-order valence-corrected chi connectivity index (χ0v) is 16.2. The molecule has 6 nitrogen and oxygen atoms in total. The highest BCUT2D eigenvalue weighted by Gasteiger charge is 2.10. The van der Waals surface area contributed by atoms with Crippen LogP contribution in [0.25, 0.3) is 0 Å². The monoisotopic (exact) mass is 374 g/mol. The van der Waals surface area contributed by atoms with E-state index in [2.05, 4.69) is 86.2 Å². The first-order chi connectivity index (χ1) is 13.8. The van der Waals surface area contributed by atoms with Crippen molar-refractivity contribution in [3.05, 3.63) is 65.9 Å². The van der Waals surface area contributed by atoms with Crippen molar-refractivity contribution >= 4 is 23.1 Å². The first-order valence-electron chi connectivity index (χ1n) is 9.87. The van der Waals surface area contributed by atoms with Gasteiger partial charge in [-0.3, -0.25) is 0 Å². The van der Waals surface area contributed by atoms with Crippen LogP contribution in [0.1, 0.15) is 30.4 Å². The van der Waals surface area contributed by atoms with Gasteiger partial charge in [0.2, 0.25) is 5.95 Å². The summed E-state index contributed by atoms with van der Waals surface area (Å²) in [6.45, 7) is 5.08. The molecule has 3 aromatic rings. The highest BCUT2D eigenvalue weighted by Crippen LogP contribution is 2.23. The maximum absolute atomic E-state index is 4.51. The molecular formula is C22H26N6. The van der Waals surface area contributed by atoms with Crippen molar-refractivity contribution in [2.24, 2.45) is 0 Å². The Hall–Kier alpha value is -3.15. The second kappa shape index (κ2) is 8.69. The minimum atomic E-state index is 0.486. The van der Waals surface area contributed by atoms with Crippen molar-refractivity contribution in [2.45, 2.75) is 32.7 Å². The third-order valence-electron chi connectivity index (χ3n) is 4.96. The van der Waals surface area contributed by atoms with Gasteiger partial charge in [0, 0.05) is 31.0 Å². The fourth-order valence-electron chi connectivity index (χ4n) is 3.49. The summed E-state index contributed by atoms with van der Waals surface area (Å²) in [4.78, 5) is 6.96. The zero-order chi connectivity index (χ0) is 19.2. The van der Waals surface area contributed by atoms with Gasteiger partial charge in [0.05, 0.1) is 6.20 Å². The second-order valence-corrected chi connectivity index (χ2v) is 7.23. The number of aryl methyl sites for hydroxylation is 1. The summed E-state index contributed by atoms with van der Waals surface area (Å²) in [6, 6.07) is 16.9. The Bertz CT molecular complexity index is 903. The van der Waals surface area contributed by atoms with Crippen molar-refractivity contribution in [1.82, 2.24) is 15.2 Å². The summed E-state index contributed by atoms with van der Waals surface area (Å²) >= 11 is 0. The van der Waals surface area contributed by atoms with Crippen LogP contribution in [0.2, 0.25) is 0 Å². The summed E-state index contributed by atoms with van der Waals surface area (Å²) < 4.78 is 0. The Balaban J connectivity index is 1.37. The van der Waals surface area contributed by atoms with E-state index in [0.717, 1.165) is 18.8 Å². The largest absolute Gasteiger partial charge is 0.372 e. The smallest absolute Gasteiger partial charge is 0.249 e. The SMILES string of the molecule is Cc1cccc(CNc2cnnc(Nc3ccc(N4CCCCC4)cc3)n2)c1. The molecule has 2 heterocycles. The molecule has 1 aromatic heterocycles. The predicted molar refractivity (Wildman–Crippen MR) is 114 cm³/mol. The van der Waals surface area contributed by atoms with Crippen LogP contribution >= 0.6 is 0 Å². The van der Waals surface area contributed by atoms with E-state index in [0.29, 0.717) is 18.3 Å². The van der Waals surface area contributed by atoms with E-state index in [-0.39, 0.29) is 0 Å². The molecule has 1 aliphatic rings. The standard InChI is InChI=1S/C22H26N6/c1-17-6-5-7-18(14-17)15-23-21-16-24-27-22(26-21)25-19-8-10-20(11-9-19)28-12-3-2-4-13-28/h5-11,14,16H,2-4,12-13,15H2,1H3,(H2,23,25,26,27). The van der Waals surface area contributed by atoms with Crippen LogP contribution in [0.15, 0.2) is 54.7 Å². The second-order valence-electron chi connectivity index (χ2n) is 7.23. The molecule has 2 aromatic carbocycles. The number of hydrogen-bond acceptors (Lipinski definition) is 6. The topological polar surface area (TPSA) is 66.0 Å². The van der Waals surface area contributed by atoms with E-state index in [1.807, 2.05) is 0 Å². The van der Waals surface area contributed by atoms with E-state index in [1.54, 1.807) is 6.20 Å². The minimum Gasteiger partial charge on any atom is -0.372 e. The first-order valence-corrected chi connectivity index (χ1v) is 9.87. The van der Waals surface area contributed by atoms with E-state index >= 15 is 0 Å². The molecule has 0 aliphatic carbocycles. The molecule has 0 spiro atoms.